The number of amides is 2. The van der Waals surface area contributed by atoms with Gasteiger partial charge in [-0.25, -0.2) is 9.97 Å². The van der Waals surface area contributed by atoms with Crippen molar-refractivity contribution in [3.63, 3.8) is 0 Å². The van der Waals surface area contributed by atoms with E-state index in [2.05, 4.69) is 25.8 Å². The Morgan fingerprint density at radius 2 is 1.90 bits per heavy atom. The minimum absolute atomic E-state index is 0.0812. The summed E-state index contributed by atoms with van der Waals surface area (Å²) >= 11 is 13.9. The number of pyridine rings is 2. The highest BCUT2D eigenvalue weighted by molar-refractivity contribution is 6.39. The molecule has 0 radical (unpaired) electrons. The lowest BCUT2D eigenvalue weighted by molar-refractivity contribution is -0.146. The standard InChI is InChI=1S/C37H40Cl2N8O5/c1-46-29-19-47(18-20-14-22(15-20)37(50)51)13-11-27(29)43-34(46)35(49)44-28-5-3-4-25(31(28)38)33-32(39)24(10-12-41-33)26-8-6-21(36(45-26)52-2)16-40-17-23-7-9-30(48)42-23/h3-6,8,10,12,20,22-23,40H,7,9,11,13-19H2,1-2H3,(H,42,48)(H,44,49)(H,50,51)/t20?,22?,23-/m0/s1. The van der Waals surface area contributed by atoms with Gasteiger partial charge in [-0.15, -0.1) is 0 Å². The number of aliphatic carboxylic acids is 1. The van der Waals surface area contributed by atoms with Gasteiger partial charge in [-0.3, -0.25) is 24.3 Å². The summed E-state index contributed by atoms with van der Waals surface area (Å²) in [6.45, 7) is 3.47. The molecule has 272 valence electrons. The van der Waals surface area contributed by atoms with Crippen LogP contribution in [0, 0.1) is 11.8 Å². The van der Waals surface area contributed by atoms with Crippen LogP contribution in [0.2, 0.25) is 10.0 Å². The fourth-order valence-corrected chi connectivity index (χ4v) is 7.89. The Morgan fingerprint density at radius 1 is 1.08 bits per heavy atom. The molecule has 1 atom stereocenters. The number of rotatable bonds is 12. The molecule has 1 aromatic carbocycles. The molecule has 13 nitrogen and oxygen atoms in total. The average Bonchev–Trinajstić information content (AvgIpc) is 3.69. The maximum atomic E-state index is 13.6. The number of halogens is 2. The van der Waals surface area contributed by atoms with Gasteiger partial charge in [-0.2, -0.15) is 0 Å². The van der Waals surface area contributed by atoms with E-state index in [1.165, 1.54) is 0 Å². The molecule has 0 bridgehead atoms. The van der Waals surface area contributed by atoms with E-state index in [0.717, 1.165) is 36.5 Å². The topological polar surface area (TPSA) is 164 Å². The first-order valence-electron chi connectivity index (χ1n) is 17.4. The van der Waals surface area contributed by atoms with Gasteiger partial charge in [0.2, 0.25) is 11.8 Å². The van der Waals surface area contributed by atoms with Crippen molar-refractivity contribution in [1.29, 1.82) is 0 Å². The van der Waals surface area contributed by atoms with Crippen molar-refractivity contribution >= 4 is 46.7 Å². The van der Waals surface area contributed by atoms with Crippen LogP contribution in [-0.2, 0) is 36.1 Å². The number of carbonyl (C=O) groups excluding carboxylic acids is 2. The Hall–Kier alpha value is -4.56. The molecule has 1 aliphatic carbocycles. The molecular weight excluding hydrogens is 707 g/mol. The van der Waals surface area contributed by atoms with Gasteiger partial charge < -0.3 is 30.4 Å². The lowest BCUT2D eigenvalue weighted by Crippen LogP contribution is -2.41. The van der Waals surface area contributed by atoms with Gasteiger partial charge in [-0.1, -0.05) is 41.4 Å². The summed E-state index contributed by atoms with van der Waals surface area (Å²) in [4.78, 5) is 52.6. The highest BCUT2D eigenvalue weighted by Crippen LogP contribution is 2.40. The van der Waals surface area contributed by atoms with Crippen LogP contribution in [0.3, 0.4) is 0 Å². The smallest absolute Gasteiger partial charge is 0.306 e. The fourth-order valence-electron chi connectivity index (χ4n) is 7.31. The molecule has 3 aliphatic rings. The molecule has 0 spiro atoms. The number of benzene rings is 1. The second-order valence-electron chi connectivity index (χ2n) is 13.7. The fraction of sp³-hybridized carbons (Fsp3) is 0.405. The third-order valence-corrected chi connectivity index (χ3v) is 11.0. The Morgan fingerprint density at radius 3 is 2.65 bits per heavy atom. The molecule has 1 saturated heterocycles. The molecule has 4 N–H and O–H groups in total. The van der Waals surface area contributed by atoms with Crippen LogP contribution < -0.4 is 20.7 Å². The third-order valence-electron chi connectivity index (χ3n) is 10.2. The number of methoxy groups -OCH3 is 1. The number of imidazole rings is 1. The van der Waals surface area contributed by atoms with Crippen LogP contribution in [0.4, 0.5) is 5.69 Å². The maximum Gasteiger partial charge on any atom is 0.306 e. The summed E-state index contributed by atoms with van der Waals surface area (Å²) in [5.41, 5.74) is 5.31. The highest BCUT2D eigenvalue weighted by atomic mass is 35.5. The van der Waals surface area contributed by atoms with E-state index >= 15 is 0 Å². The predicted octanol–water partition coefficient (Wildman–Crippen LogP) is 4.95. The molecule has 7 rings (SSSR count). The van der Waals surface area contributed by atoms with Gasteiger partial charge in [0, 0.05) is 81.5 Å². The lowest BCUT2D eigenvalue weighted by atomic mass is 9.74. The van der Waals surface area contributed by atoms with Gasteiger partial charge >= 0.3 is 5.97 Å². The Bertz CT molecular complexity index is 2030. The van der Waals surface area contributed by atoms with E-state index in [9.17, 15) is 19.5 Å². The van der Waals surface area contributed by atoms with Crippen molar-refractivity contribution in [2.75, 3.05) is 32.1 Å². The van der Waals surface area contributed by atoms with E-state index in [1.54, 1.807) is 37.6 Å². The Balaban J connectivity index is 1.05. The summed E-state index contributed by atoms with van der Waals surface area (Å²) < 4.78 is 7.44. The van der Waals surface area contributed by atoms with Crippen molar-refractivity contribution in [3.05, 3.63) is 75.4 Å². The number of hydrogen-bond donors (Lipinski definition) is 4. The second kappa shape index (κ2) is 15.2. The zero-order valence-corrected chi connectivity index (χ0v) is 30.4. The number of anilines is 1. The lowest BCUT2D eigenvalue weighted by Gasteiger charge is -2.37. The molecule has 0 unspecified atom stereocenters. The van der Waals surface area contributed by atoms with Crippen molar-refractivity contribution in [3.8, 4) is 28.4 Å². The SMILES string of the molecule is COc1nc(-c2ccnc(-c3cccc(NC(=O)c4nc5c(n4C)CN(CC4CC(C(=O)O)C4)CC5)c3Cl)c2Cl)ccc1CNC[C@@H]1CCC(=O)N1. The molecule has 2 fully saturated rings. The number of hydrogen-bond acceptors (Lipinski definition) is 9. The van der Waals surface area contributed by atoms with Crippen LogP contribution in [0.5, 0.6) is 5.88 Å². The number of nitrogens with zero attached hydrogens (tertiary/aromatic N) is 5. The quantitative estimate of drug-likeness (QED) is 0.156. The van der Waals surface area contributed by atoms with Gasteiger partial charge in [0.1, 0.15) is 0 Å². The summed E-state index contributed by atoms with van der Waals surface area (Å²) in [5.74, 6) is -0.140. The molecule has 4 aromatic rings. The van der Waals surface area contributed by atoms with Crippen molar-refractivity contribution < 1.29 is 24.2 Å². The number of aromatic nitrogens is 4. The van der Waals surface area contributed by atoms with Crippen LogP contribution in [-0.4, -0.2) is 80.1 Å². The molecule has 3 aromatic heterocycles. The first-order valence-corrected chi connectivity index (χ1v) is 18.1. The molecule has 15 heteroatoms. The molecule has 1 saturated carbocycles. The number of nitrogens with one attached hydrogen (secondary N) is 3. The molecule has 52 heavy (non-hydrogen) atoms. The largest absolute Gasteiger partial charge is 0.481 e. The first kappa shape index (κ1) is 35.8. The Kier molecular flexibility index (Phi) is 10.5. The van der Waals surface area contributed by atoms with E-state index in [-0.39, 0.29) is 28.7 Å². The number of ether oxygens (including phenoxy) is 1. The summed E-state index contributed by atoms with van der Waals surface area (Å²) in [7, 11) is 3.40. The minimum atomic E-state index is -0.712. The summed E-state index contributed by atoms with van der Waals surface area (Å²) in [6.07, 6.45) is 5.14. The summed E-state index contributed by atoms with van der Waals surface area (Å²) in [6, 6.07) is 11.0. The maximum absolute atomic E-state index is 13.6. The summed E-state index contributed by atoms with van der Waals surface area (Å²) in [5, 5.41) is 19.1. The highest BCUT2D eigenvalue weighted by Gasteiger charge is 2.36. The molecule has 2 aliphatic heterocycles. The first-order chi connectivity index (χ1) is 25.1. The van der Waals surface area contributed by atoms with E-state index in [0.29, 0.717) is 90.3 Å². The van der Waals surface area contributed by atoms with Crippen LogP contribution in [0.25, 0.3) is 22.5 Å². The van der Waals surface area contributed by atoms with Gasteiger partial charge in [-0.05, 0) is 43.4 Å². The normalized spacial score (nSPS) is 19.8. The minimum Gasteiger partial charge on any atom is -0.481 e. The van der Waals surface area contributed by atoms with Gasteiger partial charge in [0.05, 0.1) is 51.5 Å². The predicted molar refractivity (Wildman–Crippen MR) is 196 cm³/mol. The zero-order valence-electron chi connectivity index (χ0n) is 28.9. The average molecular weight is 748 g/mol. The third kappa shape index (κ3) is 7.36. The van der Waals surface area contributed by atoms with E-state index < -0.39 is 11.9 Å². The second-order valence-corrected chi connectivity index (χ2v) is 14.4. The van der Waals surface area contributed by atoms with E-state index in [4.69, 9.17) is 37.9 Å². The number of carboxylic acids is 1. The van der Waals surface area contributed by atoms with Crippen LogP contribution >= 0.6 is 23.2 Å². The van der Waals surface area contributed by atoms with E-state index in [1.807, 2.05) is 23.7 Å². The van der Waals surface area contributed by atoms with Crippen LogP contribution in [0.15, 0.2) is 42.6 Å². The monoisotopic (exact) mass is 746 g/mol. The number of carbonyl (C=O) groups is 3. The Labute approximate surface area is 311 Å². The van der Waals surface area contributed by atoms with Crippen molar-refractivity contribution in [2.45, 2.75) is 51.2 Å². The number of carboxylic acid groups (broad SMARTS) is 1. The number of fused-ring (bicyclic) bond motifs is 1. The van der Waals surface area contributed by atoms with Crippen LogP contribution in [0.1, 0.15) is 53.3 Å². The van der Waals surface area contributed by atoms with Gasteiger partial charge in [0.15, 0.2) is 5.82 Å². The molecule has 2 amide bonds. The van der Waals surface area contributed by atoms with Crippen molar-refractivity contribution in [2.24, 2.45) is 18.9 Å². The van der Waals surface area contributed by atoms with Gasteiger partial charge in [0.25, 0.3) is 5.91 Å². The van der Waals surface area contributed by atoms with Crippen molar-refractivity contribution in [1.82, 2.24) is 35.1 Å². The zero-order chi connectivity index (χ0) is 36.5. The molecule has 5 heterocycles. The molecular formula is C37H40Cl2N8O5.